The SMILES string of the molecule is CC(Br)/C=c1/[nH]c(C(=O)/C(C#N)=C/N(C)C)c/c1=C/C(C)OCC(F)F. The number of nitriles is 1. The third-order valence-corrected chi connectivity index (χ3v) is 3.44. The molecule has 0 spiro atoms. The largest absolute Gasteiger partial charge is 0.382 e. The Morgan fingerprint density at radius 3 is 2.58 bits per heavy atom. The molecule has 0 amide bonds. The van der Waals surface area contributed by atoms with Gasteiger partial charge in [-0.15, -0.1) is 0 Å². The van der Waals surface area contributed by atoms with Crippen molar-refractivity contribution < 1.29 is 18.3 Å². The number of alkyl halides is 3. The fourth-order valence-electron chi connectivity index (χ4n) is 2.18. The van der Waals surface area contributed by atoms with Crippen molar-refractivity contribution in [1.82, 2.24) is 9.88 Å². The Kier molecular flexibility index (Phi) is 8.69. The zero-order chi connectivity index (χ0) is 19.9. The summed E-state index contributed by atoms with van der Waals surface area (Å²) in [5.74, 6) is -0.445. The summed E-state index contributed by atoms with van der Waals surface area (Å²) in [7, 11) is 3.43. The second-order valence-corrected chi connectivity index (χ2v) is 7.38. The Labute approximate surface area is 159 Å². The van der Waals surface area contributed by atoms with E-state index in [0.717, 1.165) is 0 Å². The molecule has 8 heteroatoms. The highest BCUT2D eigenvalue weighted by molar-refractivity contribution is 9.09. The number of rotatable bonds is 8. The molecule has 0 fully saturated rings. The minimum Gasteiger partial charge on any atom is -0.382 e. The number of allylic oxidation sites excluding steroid dienone is 1. The smallest absolute Gasteiger partial charge is 0.261 e. The Morgan fingerprint density at radius 1 is 1.42 bits per heavy atom. The van der Waals surface area contributed by atoms with E-state index in [9.17, 15) is 18.8 Å². The predicted molar refractivity (Wildman–Crippen MR) is 100 cm³/mol. The number of ether oxygens (including phenoxy) is 1. The number of carbonyl (C=O) groups is 1. The van der Waals surface area contributed by atoms with Gasteiger partial charge in [0.2, 0.25) is 5.78 Å². The highest BCUT2D eigenvalue weighted by Crippen LogP contribution is 2.05. The number of halogens is 3. The van der Waals surface area contributed by atoms with Gasteiger partial charge in [-0.25, -0.2) is 8.78 Å². The summed E-state index contributed by atoms with van der Waals surface area (Å²) in [5, 5.41) is 10.5. The molecule has 0 radical (unpaired) electrons. The highest BCUT2D eigenvalue weighted by Gasteiger charge is 2.15. The first-order valence-electron chi connectivity index (χ1n) is 7.93. The van der Waals surface area contributed by atoms with Gasteiger partial charge >= 0.3 is 0 Å². The van der Waals surface area contributed by atoms with Crippen LogP contribution in [-0.4, -0.2) is 53.7 Å². The molecule has 1 aromatic rings. The molecule has 1 rings (SSSR count). The lowest BCUT2D eigenvalue weighted by Gasteiger charge is -2.07. The first kappa shape index (κ1) is 22.1. The van der Waals surface area contributed by atoms with Crippen molar-refractivity contribution in [3.8, 4) is 6.07 Å². The third kappa shape index (κ3) is 7.10. The summed E-state index contributed by atoms with van der Waals surface area (Å²) in [4.78, 5) is 17.2. The number of hydrogen-bond donors (Lipinski definition) is 1. The summed E-state index contributed by atoms with van der Waals surface area (Å²) in [6.07, 6.45) is 1.82. The minimum absolute atomic E-state index is 0.0109. The van der Waals surface area contributed by atoms with Crippen molar-refractivity contribution in [2.24, 2.45) is 0 Å². The summed E-state index contributed by atoms with van der Waals surface area (Å²) in [5.41, 5.74) is 0.231. The number of carbonyl (C=O) groups excluding carboxylic acids is 1. The number of aromatic amines is 1. The van der Waals surface area contributed by atoms with Crippen molar-refractivity contribution in [2.75, 3.05) is 20.7 Å². The molecule has 1 aromatic heterocycles. The maximum atomic E-state index is 12.5. The Morgan fingerprint density at radius 2 is 2.08 bits per heavy atom. The van der Waals surface area contributed by atoms with Crippen LogP contribution in [0.3, 0.4) is 0 Å². The van der Waals surface area contributed by atoms with E-state index < -0.39 is 24.9 Å². The summed E-state index contributed by atoms with van der Waals surface area (Å²) < 4.78 is 29.6. The summed E-state index contributed by atoms with van der Waals surface area (Å²) >= 11 is 3.41. The lowest BCUT2D eigenvalue weighted by Crippen LogP contribution is -2.26. The van der Waals surface area contributed by atoms with Crippen LogP contribution in [0.15, 0.2) is 17.8 Å². The van der Waals surface area contributed by atoms with Crippen LogP contribution in [0.4, 0.5) is 8.78 Å². The summed E-state index contributed by atoms with van der Waals surface area (Å²) in [6.45, 7) is 2.88. The number of nitrogens with zero attached hydrogens (tertiary/aromatic N) is 2. The van der Waals surface area contributed by atoms with E-state index in [-0.39, 0.29) is 16.1 Å². The number of H-pyrrole nitrogens is 1. The van der Waals surface area contributed by atoms with Crippen molar-refractivity contribution in [3.63, 3.8) is 0 Å². The van der Waals surface area contributed by atoms with E-state index in [0.29, 0.717) is 10.6 Å². The van der Waals surface area contributed by atoms with Crippen molar-refractivity contribution in [1.29, 1.82) is 5.26 Å². The summed E-state index contributed by atoms with van der Waals surface area (Å²) in [6, 6.07) is 3.48. The number of hydrogen-bond acceptors (Lipinski definition) is 4. The van der Waals surface area contributed by atoms with Gasteiger partial charge in [-0.3, -0.25) is 4.79 Å². The molecule has 0 aromatic carbocycles. The van der Waals surface area contributed by atoms with Crippen LogP contribution in [0.1, 0.15) is 24.3 Å². The molecule has 0 saturated heterocycles. The van der Waals surface area contributed by atoms with Gasteiger partial charge < -0.3 is 14.6 Å². The fourth-order valence-corrected chi connectivity index (χ4v) is 2.45. The van der Waals surface area contributed by atoms with Gasteiger partial charge in [0.25, 0.3) is 6.43 Å². The third-order valence-electron chi connectivity index (χ3n) is 3.17. The first-order chi connectivity index (χ1) is 12.1. The van der Waals surface area contributed by atoms with Crippen LogP contribution in [0.25, 0.3) is 12.2 Å². The van der Waals surface area contributed by atoms with Crippen LogP contribution >= 0.6 is 15.9 Å². The van der Waals surface area contributed by atoms with Gasteiger partial charge in [0.15, 0.2) is 0 Å². The van der Waals surface area contributed by atoms with Gasteiger partial charge in [-0.2, -0.15) is 5.26 Å². The van der Waals surface area contributed by atoms with Crippen LogP contribution in [-0.2, 0) is 4.74 Å². The molecule has 26 heavy (non-hydrogen) atoms. The first-order valence-corrected chi connectivity index (χ1v) is 8.85. The maximum Gasteiger partial charge on any atom is 0.261 e. The Balaban J connectivity index is 3.33. The van der Waals surface area contributed by atoms with Crippen molar-refractivity contribution >= 4 is 33.9 Å². The van der Waals surface area contributed by atoms with E-state index in [4.69, 9.17) is 4.74 Å². The molecule has 2 unspecified atom stereocenters. The molecule has 0 aliphatic carbocycles. The molecule has 5 nitrogen and oxygen atoms in total. The van der Waals surface area contributed by atoms with Crippen molar-refractivity contribution in [2.45, 2.75) is 31.2 Å². The van der Waals surface area contributed by atoms with Crippen molar-refractivity contribution in [3.05, 3.63) is 34.1 Å². The zero-order valence-electron chi connectivity index (χ0n) is 15.1. The van der Waals surface area contributed by atoms with Gasteiger partial charge in [0.1, 0.15) is 18.2 Å². The molecule has 1 heterocycles. The van der Waals surface area contributed by atoms with Gasteiger partial charge in [0.05, 0.1) is 11.8 Å². The van der Waals surface area contributed by atoms with Crippen LogP contribution in [0, 0.1) is 11.3 Å². The second-order valence-electron chi connectivity index (χ2n) is 5.94. The van der Waals surface area contributed by atoms with Gasteiger partial charge in [0, 0.05) is 30.5 Å². The number of ketones is 1. The van der Waals surface area contributed by atoms with Crippen LogP contribution < -0.4 is 10.6 Å². The fraction of sp³-hybridized carbons (Fsp3) is 0.444. The standard InChI is InChI=1S/C18H22BrF2N3O2/c1-11(19)5-15-13(6-12(2)26-10-17(20)21)7-16(23-15)18(25)14(8-22)9-24(3)4/h5-7,9,11-12,17,23H,10H2,1-4H3/b13-6-,14-9+,15-5+. The molecule has 0 aliphatic heterocycles. The van der Waals surface area contributed by atoms with Gasteiger partial charge in [-0.1, -0.05) is 15.9 Å². The van der Waals surface area contributed by atoms with E-state index in [1.807, 2.05) is 19.1 Å². The molecule has 142 valence electrons. The van der Waals surface area contributed by atoms with E-state index in [1.54, 1.807) is 38.1 Å². The van der Waals surface area contributed by atoms with Crippen LogP contribution in [0.2, 0.25) is 0 Å². The lowest BCUT2D eigenvalue weighted by atomic mass is 10.1. The lowest BCUT2D eigenvalue weighted by molar-refractivity contribution is 0.00386. The maximum absolute atomic E-state index is 12.5. The highest BCUT2D eigenvalue weighted by atomic mass is 79.9. The molecular weight excluding hydrogens is 408 g/mol. The molecule has 0 bridgehead atoms. The van der Waals surface area contributed by atoms with E-state index in [1.165, 1.54) is 6.20 Å². The molecular formula is C18H22BrF2N3O2. The van der Waals surface area contributed by atoms with E-state index in [2.05, 4.69) is 20.9 Å². The number of aromatic nitrogens is 1. The average Bonchev–Trinajstić information content (AvgIpc) is 2.91. The Bertz CT molecular complexity index is 807. The molecule has 2 atom stereocenters. The number of Topliss-reactive ketones (excluding diaryl/α,β-unsaturated/α-hetero) is 1. The number of nitrogens with one attached hydrogen (secondary N) is 1. The topological polar surface area (TPSA) is 69.1 Å². The average molecular weight is 430 g/mol. The Hall–Kier alpha value is -1.98. The molecule has 0 saturated carbocycles. The quantitative estimate of drug-likeness (QED) is 0.297. The molecule has 0 aliphatic rings. The van der Waals surface area contributed by atoms with E-state index >= 15 is 0 Å². The predicted octanol–water partition coefficient (Wildman–Crippen LogP) is 2.18. The second kappa shape index (κ2) is 10.2. The zero-order valence-corrected chi connectivity index (χ0v) is 16.7. The monoisotopic (exact) mass is 429 g/mol. The molecule has 1 N–H and O–H groups in total. The minimum atomic E-state index is -2.54. The van der Waals surface area contributed by atoms with Gasteiger partial charge in [-0.05, 0) is 37.3 Å². The normalized spacial score (nSPS) is 15.9. The van der Waals surface area contributed by atoms with Crippen LogP contribution in [0.5, 0.6) is 0 Å².